The number of aromatic nitrogens is 2. The van der Waals surface area contributed by atoms with Crippen molar-refractivity contribution in [1.82, 2.24) is 14.1 Å². The van der Waals surface area contributed by atoms with E-state index in [1.165, 1.54) is 4.31 Å². The standard InChI is InChI=1S/C19H26ClN3O4S2/c1-13(2)23-15(4)19(14(3)21-23)29(26,27)22-10-9-18(28(24,25)12-11-22)16-7-5-6-8-17(16)20/h5-8,13,18H,9-12H2,1-4H3. The Kier molecular flexibility index (Phi) is 6.16. The second-order valence-corrected chi connectivity index (χ2v) is 12.2. The third-order valence-electron chi connectivity index (χ3n) is 5.30. The molecule has 1 aliphatic heterocycles. The smallest absolute Gasteiger partial charge is 0.246 e. The lowest BCUT2D eigenvalue weighted by Crippen LogP contribution is -2.34. The van der Waals surface area contributed by atoms with Crippen LogP contribution < -0.4 is 0 Å². The van der Waals surface area contributed by atoms with Crippen LogP contribution in [0.25, 0.3) is 0 Å². The molecule has 0 aliphatic carbocycles. The van der Waals surface area contributed by atoms with Gasteiger partial charge in [-0.15, -0.1) is 0 Å². The van der Waals surface area contributed by atoms with Gasteiger partial charge in [-0.1, -0.05) is 29.8 Å². The van der Waals surface area contributed by atoms with E-state index in [4.69, 9.17) is 11.6 Å². The molecular formula is C19H26ClN3O4S2. The molecule has 160 valence electrons. The molecule has 1 saturated heterocycles. The molecular weight excluding hydrogens is 434 g/mol. The Labute approximate surface area is 177 Å². The van der Waals surface area contributed by atoms with Crippen molar-refractivity contribution in [2.45, 2.75) is 50.3 Å². The quantitative estimate of drug-likeness (QED) is 0.699. The van der Waals surface area contributed by atoms with Crippen molar-refractivity contribution in [2.24, 2.45) is 0 Å². The molecule has 1 aromatic heterocycles. The number of rotatable bonds is 4. The van der Waals surface area contributed by atoms with Crippen LogP contribution in [0.3, 0.4) is 0 Å². The molecule has 1 fully saturated rings. The summed E-state index contributed by atoms with van der Waals surface area (Å²) >= 11 is 6.23. The molecule has 1 aromatic carbocycles. The highest BCUT2D eigenvalue weighted by molar-refractivity contribution is 7.92. The number of nitrogens with zero attached hydrogens (tertiary/aromatic N) is 3. The van der Waals surface area contributed by atoms with Crippen LogP contribution in [0.15, 0.2) is 29.2 Å². The monoisotopic (exact) mass is 459 g/mol. The predicted molar refractivity (Wildman–Crippen MR) is 113 cm³/mol. The molecule has 0 radical (unpaired) electrons. The van der Waals surface area contributed by atoms with Gasteiger partial charge in [0, 0.05) is 24.2 Å². The summed E-state index contributed by atoms with van der Waals surface area (Å²) in [6, 6.07) is 6.84. The summed E-state index contributed by atoms with van der Waals surface area (Å²) in [7, 11) is -7.42. The highest BCUT2D eigenvalue weighted by Gasteiger charge is 2.38. The molecule has 7 nitrogen and oxygen atoms in total. The van der Waals surface area contributed by atoms with E-state index in [0.717, 1.165) is 0 Å². The molecule has 29 heavy (non-hydrogen) atoms. The summed E-state index contributed by atoms with van der Waals surface area (Å²) in [5.74, 6) is -0.251. The number of sulfone groups is 1. The van der Waals surface area contributed by atoms with E-state index in [0.29, 0.717) is 22.0 Å². The number of benzene rings is 1. The van der Waals surface area contributed by atoms with Gasteiger partial charge in [0.15, 0.2) is 9.84 Å². The van der Waals surface area contributed by atoms with Crippen molar-refractivity contribution in [3.63, 3.8) is 0 Å². The minimum absolute atomic E-state index is 0.0202. The fourth-order valence-corrected chi connectivity index (χ4v) is 7.98. The minimum atomic E-state index is -3.87. The fraction of sp³-hybridized carbons (Fsp3) is 0.526. The molecule has 0 saturated carbocycles. The summed E-state index contributed by atoms with van der Waals surface area (Å²) in [4.78, 5) is 0.166. The maximum absolute atomic E-state index is 13.4. The molecule has 2 heterocycles. The Hall–Kier alpha value is -1.42. The van der Waals surface area contributed by atoms with Gasteiger partial charge in [0.2, 0.25) is 10.0 Å². The van der Waals surface area contributed by atoms with Gasteiger partial charge in [0.1, 0.15) is 4.90 Å². The van der Waals surface area contributed by atoms with Gasteiger partial charge in [-0.25, -0.2) is 16.8 Å². The van der Waals surface area contributed by atoms with Crippen LogP contribution in [-0.2, 0) is 19.9 Å². The first-order valence-corrected chi connectivity index (χ1v) is 13.0. The summed E-state index contributed by atoms with van der Waals surface area (Å²) in [5.41, 5.74) is 1.51. The zero-order valence-corrected chi connectivity index (χ0v) is 19.4. The third kappa shape index (κ3) is 4.10. The number of hydrogen-bond donors (Lipinski definition) is 0. The van der Waals surface area contributed by atoms with Crippen LogP contribution in [0.5, 0.6) is 0 Å². The SMILES string of the molecule is Cc1nn(C(C)C)c(C)c1S(=O)(=O)N1CCC(c2ccccc2Cl)S(=O)(=O)CC1. The van der Waals surface area contributed by atoms with Gasteiger partial charge in [0.05, 0.1) is 22.4 Å². The van der Waals surface area contributed by atoms with Crippen LogP contribution >= 0.6 is 11.6 Å². The molecule has 0 N–H and O–H groups in total. The average Bonchev–Trinajstić information content (AvgIpc) is 2.83. The second-order valence-electron chi connectivity index (χ2n) is 7.61. The summed E-state index contributed by atoms with van der Waals surface area (Å²) < 4.78 is 55.5. The van der Waals surface area contributed by atoms with Crippen molar-refractivity contribution in [1.29, 1.82) is 0 Å². The largest absolute Gasteiger partial charge is 0.266 e. The van der Waals surface area contributed by atoms with Crippen molar-refractivity contribution in [2.75, 3.05) is 18.8 Å². The summed E-state index contributed by atoms with van der Waals surface area (Å²) in [6.07, 6.45) is 0.154. The van der Waals surface area contributed by atoms with Gasteiger partial charge in [0.25, 0.3) is 0 Å². The van der Waals surface area contributed by atoms with E-state index < -0.39 is 25.1 Å². The van der Waals surface area contributed by atoms with Crippen LogP contribution in [0.1, 0.15) is 48.5 Å². The van der Waals surface area contributed by atoms with Crippen molar-refractivity contribution in [3.05, 3.63) is 46.2 Å². The van der Waals surface area contributed by atoms with E-state index in [1.807, 2.05) is 13.8 Å². The zero-order chi connectivity index (χ0) is 21.6. The molecule has 1 atom stereocenters. The second kappa shape index (κ2) is 8.02. The molecule has 0 spiro atoms. The number of aryl methyl sites for hydroxylation is 1. The highest BCUT2D eigenvalue weighted by Crippen LogP contribution is 2.35. The first-order valence-electron chi connectivity index (χ1n) is 9.48. The number of hydrogen-bond acceptors (Lipinski definition) is 5. The van der Waals surface area contributed by atoms with Crippen molar-refractivity contribution >= 4 is 31.5 Å². The van der Waals surface area contributed by atoms with E-state index in [-0.39, 0.29) is 36.2 Å². The maximum Gasteiger partial charge on any atom is 0.246 e. The van der Waals surface area contributed by atoms with Crippen molar-refractivity contribution < 1.29 is 16.8 Å². The molecule has 3 rings (SSSR count). The minimum Gasteiger partial charge on any atom is -0.266 e. The van der Waals surface area contributed by atoms with Gasteiger partial charge in [-0.05, 0) is 45.7 Å². The first kappa shape index (κ1) is 22.3. The normalized spacial score (nSPS) is 20.7. The van der Waals surface area contributed by atoms with Gasteiger partial charge in [-0.2, -0.15) is 9.40 Å². The zero-order valence-electron chi connectivity index (χ0n) is 17.0. The number of sulfonamides is 1. The lowest BCUT2D eigenvalue weighted by Gasteiger charge is -2.20. The molecule has 1 aliphatic rings. The van der Waals surface area contributed by atoms with Crippen LogP contribution in [0, 0.1) is 13.8 Å². The van der Waals surface area contributed by atoms with Crippen LogP contribution in [0.4, 0.5) is 0 Å². The van der Waals surface area contributed by atoms with Gasteiger partial charge < -0.3 is 0 Å². The van der Waals surface area contributed by atoms with Crippen molar-refractivity contribution in [3.8, 4) is 0 Å². The summed E-state index contributed by atoms with van der Waals surface area (Å²) in [6.45, 7) is 7.28. The molecule has 0 amide bonds. The lowest BCUT2D eigenvalue weighted by molar-refractivity contribution is 0.427. The van der Waals surface area contributed by atoms with E-state index in [1.54, 1.807) is 42.8 Å². The molecule has 2 aromatic rings. The Bertz CT molecular complexity index is 1120. The van der Waals surface area contributed by atoms with E-state index in [9.17, 15) is 16.8 Å². The van der Waals surface area contributed by atoms with E-state index in [2.05, 4.69) is 5.10 Å². The topological polar surface area (TPSA) is 89.3 Å². The van der Waals surface area contributed by atoms with Gasteiger partial charge >= 0.3 is 0 Å². The number of halogens is 1. The Morgan fingerprint density at radius 2 is 1.83 bits per heavy atom. The van der Waals surface area contributed by atoms with Crippen LogP contribution in [-0.4, -0.2) is 49.8 Å². The Morgan fingerprint density at radius 1 is 1.17 bits per heavy atom. The molecule has 1 unspecified atom stereocenters. The average molecular weight is 460 g/mol. The highest BCUT2D eigenvalue weighted by atomic mass is 35.5. The lowest BCUT2D eigenvalue weighted by atomic mass is 10.1. The van der Waals surface area contributed by atoms with Gasteiger partial charge in [-0.3, -0.25) is 4.68 Å². The fourth-order valence-electron chi connectivity index (χ4n) is 3.90. The Morgan fingerprint density at radius 3 is 2.41 bits per heavy atom. The molecule has 10 heteroatoms. The van der Waals surface area contributed by atoms with E-state index >= 15 is 0 Å². The Balaban J connectivity index is 1.98. The summed E-state index contributed by atoms with van der Waals surface area (Å²) in [5, 5.41) is 3.93. The maximum atomic E-state index is 13.4. The third-order valence-corrected chi connectivity index (χ3v) is 9.90. The predicted octanol–water partition coefficient (Wildman–Crippen LogP) is 3.28. The first-order chi connectivity index (χ1) is 13.5. The van der Waals surface area contributed by atoms with Crippen LogP contribution in [0.2, 0.25) is 5.02 Å². The molecule has 0 bridgehead atoms.